The zero-order chi connectivity index (χ0) is 26.9. The second kappa shape index (κ2) is 11.4. The third-order valence-corrected chi connectivity index (χ3v) is 8.97. The molecule has 3 fully saturated rings. The molecule has 0 radical (unpaired) electrons. The van der Waals surface area contributed by atoms with E-state index in [1.165, 1.54) is 6.42 Å². The lowest BCUT2D eigenvalue weighted by Crippen LogP contribution is -2.56. The molecule has 5 rings (SSSR count). The van der Waals surface area contributed by atoms with Crippen LogP contribution in [-0.2, 0) is 19.1 Å². The van der Waals surface area contributed by atoms with E-state index in [9.17, 15) is 14.4 Å². The molecule has 9 heteroatoms. The maximum Gasteiger partial charge on any atom is 0.246 e. The summed E-state index contributed by atoms with van der Waals surface area (Å²) in [7, 11) is 0. The molecule has 4 aliphatic rings. The summed E-state index contributed by atoms with van der Waals surface area (Å²) < 4.78 is 6.44. The first-order valence-corrected chi connectivity index (χ1v) is 14.5. The van der Waals surface area contributed by atoms with E-state index in [4.69, 9.17) is 16.3 Å². The molecule has 1 aliphatic carbocycles. The number of likely N-dealkylation sites (tertiary alicyclic amines) is 1. The van der Waals surface area contributed by atoms with Crippen molar-refractivity contribution < 1.29 is 19.1 Å². The molecule has 1 saturated carbocycles. The number of amides is 3. The van der Waals surface area contributed by atoms with Crippen molar-refractivity contribution in [1.82, 2.24) is 15.1 Å². The van der Waals surface area contributed by atoms with Crippen LogP contribution in [0.25, 0.3) is 0 Å². The molecule has 206 valence electrons. The van der Waals surface area contributed by atoms with Gasteiger partial charge in [0.1, 0.15) is 11.6 Å². The first kappa shape index (κ1) is 27.2. The Morgan fingerprint density at radius 2 is 1.92 bits per heavy atom. The van der Waals surface area contributed by atoms with Crippen molar-refractivity contribution in [3.8, 4) is 0 Å². The fourth-order valence-corrected chi connectivity index (χ4v) is 7.02. The number of anilines is 1. The highest BCUT2D eigenvalue weighted by molar-refractivity contribution is 6.30. The molecule has 3 aliphatic heterocycles. The van der Waals surface area contributed by atoms with Crippen LogP contribution in [0, 0.1) is 11.8 Å². The second-order valence-electron chi connectivity index (χ2n) is 11.0. The Hall–Kier alpha value is -2.42. The van der Waals surface area contributed by atoms with E-state index in [1.807, 2.05) is 12.2 Å². The van der Waals surface area contributed by atoms with E-state index < -0.39 is 29.6 Å². The summed E-state index contributed by atoms with van der Waals surface area (Å²) in [6, 6.07) is 6.27. The summed E-state index contributed by atoms with van der Waals surface area (Å²) in [5, 5.41) is 6.68. The zero-order valence-corrected chi connectivity index (χ0v) is 23.1. The SMILES string of the molecule is CCN(CC)CCCN1C(=O)[C@H]2[C@@H](C(=O)Nc3cccc(Cl)c3)[C@H]3C=C[C@@]2(O3)[C@@H]1C(=O)NC1CCCCC1. The van der Waals surface area contributed by atoms with Crippen LogP contribution in [0.2, 0.25) is 5.02 Å². The van der Waals surface area contributed by atoms with Gasteiger partial charge in [-0.25, -0.2) is 0 Å². The van der Waals surface area contributed by atoms with Gasteiger partial charge in [0.15, 0.2) is 0 Å². The van der Waals surface area contributed by atoms with Crippen molar-refractivity contribution in [2.24, 2.45) is 11.8 Å². The highest BCUT2D eigenvalue weighted by Gasteiger charge is 2.72. The molecular weight excluding hydrogens is 504 g/mol. The molecule has 1 spiro atoms. The van der Waals surface area contributed by atoms with Crippen molar-refractivity contribution in [3.63, 3.8) is 0 Å². The minimum Gasteiger partial charge on any atom is -0.359 e. The van der Waals surface area contributed by atoms with Crippen LogP contribution >= 0.6 is 11.6 Å². The average Bonchev–Trinajstić information content (AvgIpc) is 3.54. The van der Waals surface area contributed by atoms with Crippen LogP contribution in [0.5, 0.6) is 0 Å². The van der Waals surface area contributed by atoms with Crippen LogP contribution < -0.4 is 10.6 Å². The average molecular weight is 543 g/mol. The van der Waals surface area contributed by atoms with Gasteiger partial charge in [0.25, 0.3) is 0 Å². The van der Waals surface area contributed by atoms with Gasteiger partial charge in [-0.3, -0.25) is 14.4 Å². The number of carbonyl (C=O) groups excluding carboxylic acids is 3. The van der Waals surface area contributed by atoms with Crippen LogP contribution in [0.1, 0.15) is 52.4 Å². The summed E-state index contributed by atoms with van der Waals surface area (Å²) in [5.74, 6) is -2.10. The molecule has 38 heavy (non-hydrogen) atoms. The summed E-state index contributed by atoms with van der Waals surface area (Å²) in [4.78, 5) is 45.4. The number of nitrogens with one attached hydrogen (secondary N) is 2. The highest BCUT2D eigenvalue weighted by atomic mass is 35.5. The minimum absolute atomic E-state index is 0.115. The number of rotatable bonds is 10. The van der Waals surface area contributed by atoms with Gasteiger partial charge in [0.2, 0.25) is 17.7 Å². The van der Waals surface area contributed by atoms with Gasteiger partial charge < -0.3 is 25.2 Å². The van der Waals surface area contributed by atoms with Crippen LogP contribution in [-0.4, -0.2) is 77.5 Å². The number of benzene rings is 1. The molecule has 0 unspecified atom stereocenters. The molecule has 1 aromatic rings. The van der Waals surface area contributed by atoms with Crippen molar-refractivity contribution in [1.29, 1.82) is 0 Å². The molecule has 3 heterocycles. The Bertz CT molecular complexity index is 1090. The number of ether oxygens (including phenoxy) is 1. The standard InChI is InChI=1S/C29H39ClN4O4/c1-3-33(4-2)16-9-17-34-25(27(36)31-20-11-6-5-7-12-20)29-15-14-22(38-29)23(24(29)28(34)37)26(35)32-21-13-8-10-19(30)18-21/h8,10,13-15,18,20,22-25H,3-7,9,11-12,16-17H2,1-2H3,(H,31,36)(H,32,35)/t22-,23+,24-,25+,29+/m1/s1. The lowest BCUT2D eigenvalue weighted by molar-refractivity contribution is -0.141. The normalized spacial score (nSPS) is 30.2. The summed E-state index contributed by atoms with van der Waals surface area (Å²) in [6.07, 6.45) is 9.21. The fourth-order valence-electron chi connectivity index (χ4n) is 6.83. The molecule has 3 amide bonds. The molecule has 2 saturated heterocycles. The molecule has 2 bridgehead atoms. The van der Waals surface area contributed by atoms with E-state index in [-0.39, 0.29) is 23.8 Å². The van der Waals surface area contributed by atoms with E-state index in [2.05, 4.69) is 29.4 Å². The second-order valence-corrected chi connectivity index (χ2v) is 11.4. The third-order valence-electron chi connectivity index (χ3n) is 8.74. The van der Waals surface area contributed by atoms with E-state index in [1.54, 1.807) is 29.2 Å². The van der Waals surface area contributed by atoms with E-state index >= 15 is 0 Å². The van der Waals surface area contributed by atoms with Gasteiger partial charge in [-0.15, -0.1) is 0 Å². The largest absolute Gasteiger partial charge is 0.359 e. The molecular formula is C29H39ClN4O4. The Labute approximate surface area is 230 Å². The maximum absolute atomic E-state index is 14.0. The number of halogens is 1. The van der Waals surface area contributed by atoms with Gasteiger partial charge in [0.05, 0.1) is 17.9 Å². The van der Waals surface area contributed by atoms with Crippen LogP contribution in [0.3, 0.4) is 0 Å². The Kier molecular flexibility index (Phi) is 8.12. The number of nitrogens with zero attached hydrogens (tertiary/aromatic N) is 2. The van der Waals surface area contributed by atoms with Crippen molar-refractivity contribution in [3.05, 3.63) is 41.4 Å². The van der Waals surface area contributed by atoms with E-state index in [0.29, 0.717) is 17.3 Å². The molecule has 8 nitrogen and oxygen atoms in total. The van der Waals surface area contributed by atoms with Gasteiger partial charge in [-0.05, 0) is 57.1 Å². The predicted molar refractivity (Wildman–Crippen MR) is 147 cm³/mol. The highest BCUT2D eigenvalue weighted by Crippen LogP contribution is 2.55. The number of carbonyl (C=O) groups is 3. The summed E-state index contributed by atoms with van der Waals surface area (Å²) >= 11 is 6.11. The lowest BCUT2D eigenvalue weighted by Gasteiger charge is -2.34. The fraction of sp³-hybridized carbons (Fsp3) is 0.621. The number of hydrogen-bond donors (Lipinski definition) is 2. The van der Waals surface area contributed by atoms with Gasteiger partial charge >= 0.3 is 0 Å². The quantitative estimate of drug-likeness (QED) is 0.441. The van der Waals surface area contributed by atoms with E-state index in [0.717, 1.165) is 51.7 Å². The molecule has 2 N–H and O–H groups in total. The Morgan fingerprint density at radius 1 is 1.16 bits per heavy atom. The topological polar surface area (TPSA) is 91.0 Å². The van der Waals surface area contributed by atoms with Crippen LogP contribution in [0.15, 0.2) is 36.4 Å². The predicted octanol–water partition coefficient (Wildman–Crippen LogP) is 3.61. The molecule has 0 aromatic heterocycles. The number of fused-ring (bicyclic) bond motifs is 1. The van der Waals surface area contributed by atoms with Gasteiger partial charge in [-0.2, -0.15) is 0 Å². The molecule has 1 aromatic carbocycles. The first-order valence-electron chi connectivity index (χ1n) is 14.1. The molecule has 5 atom stereocenters. The Balaban J connectivity index is 1.40. The first-order chi connectivity index (χ1) is 18.4. The smallest absolute Gasteiger partial charge is 0.246 e. The van der Waals surface area contributed by atoms with Crippen LogP contribution in [0.4, 0.5) is 5.69 Å². The van der Waals surface area contributed by atoms with Gasteiger partial charge in [-0.1, -0.05) is 62.9 Å². The maximum atomic E-state index is 14.0. The monoisotopic (exact) mass is 542 g/mol. The van der Waals surface area contributed by atoms with Crippen molar-refractivity contribution >= 4 is 35.0 Å². The Morgan fingerprint density at radius 3 is 2.63 bits per heavy atom. The lowest BCUT2D eigenvalue weighted by atomic mass is 9.74. The third kappa shape index (κ3) is 4.98. The van der Waals surface area contributed by atoms with Crippen molar-refractivity contribution in [2.75, 3.05) is 31.5 Å². The van der Waals surface area contributed by atoms with Crippen molar-refractivity contribution in [2.45, 2.75) is 76.2 Å². The minimum atomic E-state index is -1.13. The summed E-state index contributed by atoms with van der Waals surface area (Å²) in [5.41, 5.74) is -0.567. The summed E-state index contributed by atoms with van der Waals surface area (Å²) in [6.45, 7) is 7.39. The van der Waals surface area contributed by atoms with Gasteiger partial charge in [0, 0.05) is 23.3 Å². The number of hydrogen-bond acceptors (Lipinski definition) is 5. The zero-order valence-electron chi connectivity index (χ0n) is 22.3.